The van der Waals surface area contributed by atoms with Gasteiger partial charge in [-0.05, 0) is 38.7 Å². The van der Waals surface area contributed by atoms with Crippen LogP contribution in [0.5, 0.6) is 0 Å². The van der Waals surface area contributed by atoms with Crippen LogP contribution in [-0.4, -0.2) is 69.9 Å². The zero-order chi connectivity index (χ0) is 18.0. The number of nitrogens with zero attached hydrogens (tertiary/aromatic N) is 4. The van der Waals surface area contributed by atoms with Crippen molar-refractivity contribution in [3.63, 3.8) is 0 Å². The molecule has 0 aliphatic carbocycles. The Bertz CT molecular complexity index is 550. The molecule has 0 spiro atoms. The van der Waals surface area contributed by atoms with Gasteiger partial charge in [-0.25, -0.2) is 0 Å². The molecule has 1 aromatic heterocycles. The predicted molar refractivity (Wildman–Crippen MR) is 97.3 cm³/mol. The maximum absolute atomic E-state index is 13.4. The number of rotatable bonds is 4. The summed E-state index contributed by atoms with van der Waals surface area (Å²) in [6.07, 6.45) is 6.30. The molecule has 0 radical (unpaired) electrons. The second kappa shape index (κ2) is 7.87. The van der Waals surface area contributed by atoms with Gasteiger partial charge in [0.2, 0.25) is 5.91 Å². The molecule has 2 saturated heterocycles. The van der Waals surface area contributed by atoms with Crippen molar-refractivity contribution < 1.29 is 9.53 Å². The Balaban J connectivity index is 1.71. The first-order valence-corrected chi connectivity index (χ1v) is 9.63. The first-order valence-electron chi connectivity index (χ1n) is 9.63. The monoisotopic (exact) mass is 348 g/mol. The maximum atomic E-state index is 13.4. The third-order valence-corrected chi connectivity index (χ3v) is 5.33. The number of ether oxygens (including phenoxy) is 1. The lowest BCUT2D eigenvalue weighted by atomic mass is 9.97. The summed E-state index contributed by atoms with van der Waals surface area (Å²) in [5, 5.41) is 4.38. The first-order chi connectivity index (χ1) is 12.0. The zero-order valence-electron chi connectivity index (χ0n) is 16.0. The number of likely N-dealkylation sites (tertiary alicyclic amines) is 1. The topological polar surface area (TPSA) is 50.6 Å². The minimum absolute atomic E-state index is 0.0647. The van der Waals surface area contributed by atoms with E-state index < -0.39 is 0 Å². The average Bonchev–Trinajstić information content (AvgIpc) is 3.08. The van der Waals surface area contributed by atoms with Gasteiger partial charge in [-0.2, -0.15) is 5.10 Å². The summed E-state index contributed by atoms with van der Waals surface area (Å²) in [6, 6.07) is 2.18. The van der Waals surface area contributed by atoms with E-state index in [1.54, 1.807) is 0 Å². The van der Waals surface area contributed by atoms with Crippen molar-refractivity contribution in [1.29, 1.82) is 0 Å². The van der Waals surface area contributed by atoms with Crippen LogP contribution in [0.2, 0.25) is 0 Å². The molecular weight excluding hydrogens is 316 g/mol. The number of hydrogen-bond donors (Lipinski definition) is 0. The highest BCUT2D eigenvalue weighted by atomic mass is 16.5. The highest BCUT2D eigenvalue weighted by Gasteiger charge is 2.37. The number of morpholine rings is 1. The first kappa shape index (κ1) is 18.4. The second-order valence-electron chi connectivity index (χ2n) is 7.97. The molecule has 3 heterocycles. The summed E-state index contributed by atoms with van der Waals surface area (Å²) < 4.78 is 7.86. The van der Waals surface area contributed by atoms with Gasteiger partial charge in [0.1, 0.15) is 0 Å². The van der Waals surface area contributed by atoms with Gasteiger partial charge in [0.25, 0.3) is 0 Å². The van der Waals surface area contributed by atoms with E-state index in [0.29, 0.717) is 6.04 Å². The van der Waals surface area contributed by atoms with Crippen molar-refractivity contribution in [2.45, 2.75) is 64.8 Å². The van der Waals surface area contributed by atoms with Gasteiger partial charge < -0.3 is 9.64 Å². The Morgan fingerprint density at radius 2 is 1.92 bits per heavy atom. The van der Waals surface area contributed by atoms with Gasteiger partial charge in [-0.1, -0.05) is 13.8 Å². The number of aromatic nitrogens is 2. The highest BCUT2D eigenvalue weighted by molar-refractivity contribution is 5.82. The minimum Gasteiger partial charge on any atom is -0.373 e. The molecule has 140 valence electrons. The molecule has 0 bridgehead atoms. The summed E-state index contributed by atoms with van der Waals surface area (Å²) in [5.41, 5.74) is 0. The second-order valence-corrected chi connectivity index (χ2v) is 7.97. The average molecular weight is 348 g/mol. The molecule has 0 aromatic carbocycles. The Morgan fingerprint density at radius 3 is 2.52 bits per heavy atom. The van der Waals surface area contributed by atoms with Gasteiger partial charge in [0, 0.05) is 38.6 Å². The summed E-state index contributed by atoms with van der Waals surface area (Å²) in [5.74, 6) is 0.559. The predicted octanol–water partition coefficient (Wildman–Crippen LogP) is 2.18. The molecule has 0 unspecified atom stereocenters. The van der Waals surface area contributed by atoms with Crippen LogP contribution in [0.3, 0.4) is 0 Å². The van der Waals surface area contributed by atoms with Gasteiger partial charge in [-0.15, -0.1) is 0 Å². The molecule has 1 aromatic rings. The van der Waals surface area contributed by atoms with Crippen molar-refractivity contribution >= 4 is 5.91 Å². The Hall–Kier alpha value is -1.40. The van der Waals surface area contributed by atoms with Gasteiger partial charge >= 0.3 is 0 Å². The van der Waals surface area contributed by atoms with Crippen molar-refractivity contribution in [1.82, 2.24) is 19.6 Å². The quantitative estimate of drug-likeness (QED) is 0.837. The standard InChI is InChI=1S/C19H32N4O2/c1-14(2)18(22-11-15(3)25-16(4)12-22)19(24)21-9-5-7-17(13-21)23-10-6-8-20-23/h6,8,10,14-18H,5,7,9,11-13H2,1-4H3/t15-,16-,17-,18+/m1/s1. The van der Waals surface area contributed by atoms with Crippen LogP contribution in [0.15, 0.2) is 18.5 Å². The fourth-order valence-corrected chi connectivity index (χ4v) is 4.36. The van der Waals surface area contributed by atoms with Crippen LogP contribution in [0.25, 0.3) is 0 Å². The van der Waals surface area contributed by atoms with Gasteiger partial charge in [0.15, 0.2) is 0 Å². The molecule has 0 saturated carbocycles. The Morgan fingerprint density at radius 1 is 1.20 bits per heavy atom. The van der Waals surface area contributed by atoms with Crippen molar-refractivity contribution in [3.8, 4) is 0 Å². The van der Waals surface area contributed by atoms with E-state index in [9.17, 15) is 4.79 Å². The molecule has 6 heteroatoms. The number of carbonyl (C=O) groups is 1. The van der Waals surface area contributed by atoms with Crippen LogP contribution in [0, 0.1) is 5.92 Å². The SMILES string of the molecule is CC(C)[C@@H](C(=O)N1CCC[C@@H](n2cccn2)C1)N1C[C@@H](C)O[C@H](C)C1. The number of carbonyl (C=O) groups excluding carboxylic acids is 1. The molecule has 6 nitrogen and oxygen atoms in total. The zero-order valence-corrected chi connectivity index (χ0v) is 16.0. The summed E-state index contributed by atoms with van der Waals surface area (Å²) in [7, 11) is 0. The van der Waals surface area contributed by atoms with Crippen LogP contribution in [0.4, 0.5) is 0 Å². The van der Waals surface area contributed by atoms with Crippen molar-refractivity contribution in [3.05, 3.63) is 18.5 Å². The summed E-state index contributed by atoms with van der Waals surface area (Å²) >= 11 is 0. The normalized spacial score (nSPS) is 29.8. The molecular formula is C19H32N4O2. The largest absolute Gasteiger partial charge is 0.373 e. The molecule has 4 atom stereocenters. The molecule has 2 aliphatic heterocycles. The number of hydrogen-bond acceptors (Lipinski definition) is 4. The third kappa shape index (κ3) is 4.23. The highest BCUT2D eigenvalue weighted by Crippen LogP contribution is 2.25. The lowest BCUT2D eigenvalue weighted by molar-refractivity contribution is -0.147. The van der Waals surface area contributed by atoms with E-state index in [0.717, 1.165) is 39.0 Å². The third-order valence-electron chi connectivity index (χ3n) is 5.33. The molecule has 0 N–H and O–H groups in total. The fourth-order valence-electron chi connectivity index (χ4n) is 4.36. The molecule has 2 aliphatic rings. The van der Waals surface area contributed by atoms with E-state index in [1.165, 1.54) is 0 Å². The summed E-state index contributed by atoms with van der Waals surface area (Å²) in [6.45, 7) is 11.8. The molecule has 25 heavy (non-hydrogen) atoms. The van der Waals surface area contributed by atoms with Crippen LogP contribution >= 0.6 is 0 Å². The molecule has 1 amide bonds. The number of amides is 1. The Labute approximate surface area is 151 Å². The van der Waals surface area contributed by atoms with Crippen LogP contribution in [-0.2, 0) is 9.53 Å². The smallest absolute Gasteiger partial charge is 0.240 e. The minimum atomic E-state index is -0.0647. The van der Waals surface area contributed by atoms with Gasteiger partial charge in [0.05, 0.1) is 24.3 Å². The molecule has 3 rings (SSSR count). The van der Waals surface area contributed by atoms with Crippen molar-refractivity contribution in [2.75, 3.05) is 26.2 Å². The maximum Gasteiger partial charge on any atom is 0.240 e. The van der Waals surface area contributed by atoms with Crippen LogP contribution < -0.4 is 0 Å². The van der Waals surface area contributed by atoms with E-state index in [4.69, 9.17) is 4.74 Å². The van der Waals surface area contributed by atoms with E-state index >= 15 is 0 Å². The number of piperidine rings is 1. The lowest BCUT2D eigenvalue weighted by Gasteiger charge is -2.43. The van der Waals surface area contributed by atoms with Crippen molar-refractivity contribution in [2.24, 2.45) is 5.92 Å². The summed E-state index contributed by atoms with van der Waals surface area (Å²) in [4.78, 5) is 17.8. The molecule has 2 fully saturated rings. The van der Waals surface area contributed by atoms with Crippen LogP contribution in [0.1, 0.15) is 46.6 Å². The Kier molecular flexibility index (Phi) is 5.79. The van der Waals surface area contributed by atoms with E-state index in [-0.39, 0.29) is 30.1 Å². The van der Waals surface area contributed by atoms with Gasteiger partial charge in [-0.3, -0.25) is 14.4 Å². The van der Waals surface area contributed by atoms with E-state index in [1.807, 2.05) is 23.1 Å². The lowest BCUT2D eigenvalue weighted by Crippen LogP contribution is -2.58. The van der Waals surface area contributed by atoms with E-state index in [2.05, 4.69) is 42.6 Å². The fraction of sp³-hybridized carbons (Fsp3) is 0.789.